The molecule has 2 atom stereocenters. The largest absolute Gasteiger partial charge is 0.390 e. The monoisotopic (exact) mass is 230 g/mol. The molecular formula is C13H26O3. The first-order valence-electron chi connectivity index (χ1n) is 6.19. The Kier molecular flexibility index (Phi) is 6.84. The van der Waals surface area contributed by atoms with E-state index < -0.39 is 5.60 Å². The van der Waals surface area contributed by atoms with Crippen molar-refractivity contribution in [1.29, 1.82) is 0 Å². The second-order valence-corrected chi connectivity index (χ2v) is 4.96. The summed E-state index contributed by atoms with van der Waals surface area (Å²) in [5.41, 5.74) is -0.871. The van der Waals surface area contributed by atoms with Crippen molar-refractivity contribution in [2.24, 2.45) is 0 Å². The number of rotatable bonds is 9. The Balaban J connectivity index is 3.99. The molecule has 0 aromatic rings. The van der Waals surface area contributed by atoms with Gasteiger partial charge < -0.3 is 14.6 Å². The van der Waals surface area contributed by atoms with Crippen molar-refractivity contribution in [3.8, 4) is 0 Å². The number of carbonyl (C=O) groups is 1. The summed E-state index contributed by atoms with van der Waals surface area (Å²) >= 11 is 0. The number of carbonyl (C=O) groups excluding carboxylic acids is 1. The third-order valence-electron chi connectivity index (χ3n) is 3.39. The molecule has 0 saturated heterocycles. The number of aliphatic hydroxyl groups is 1. The maximum atomic E-state index is 10.4. The molecule has 0 aliphatic heterocycles. The van der Waals surface area contributed by atoms with E-state index in [9.17, 15) is 9.90 Å². The molecule has 0 radical (unpaired) electrons. The molecule has 0 aromatic heterocycles. The Labute approximate surface area is 99.2 Å². The Morgan fingerprint density at radius 1 is 1.19 bits per heavy atom. The van der Waals surface area contributed by atoms with Crippen LogP contribution in [0.5, 0.6) is 0 Å². The predicted octanol–water partition coefficient (Wildman–Crippen LogP) is 2.70. The van der Waals surface area contributed by atoms with Gasteiger partial charge in [0.25, 0.3) is 0 Å². The van der Waals surface area contributed by atoms with Crippen molar-refractivity contribution in [3.05, 3.63) is 0 Å². The van der Waals surface area contributed by atoms with Crippen molar-refractivity contribution in [3.63, 3.8) is 0 Å². The summed E-state index contributed by atoms with van der Waals surface area (Å²) in [5, 5.41) is 9.83. The zero-order valence-electron chi connectivity index (χ0n) is 11.1. The number of aldehydes is 1. The van der Waals surface area contributed by atoms with E-state index in [1.807, 2.05) is 20.8 Å². The van der Waals surface area contributed by atoms with Gasteiger partial charge >= 0.3 is 0 Å². The molecule has 0 fully saturated rings. The summed E-state index contributed by atoms with van der Waals surface area (Å²) in [4.78, 5) is 10.4. The first-order chi connectivity index (χ1) is 7.39. The minimum absolute atomic E-state index is 0.231. The van der Waals surface area contributed by atoms with E-state index in [2.05, 4.69) is 6.92 Å². The summed E-state index contributed by atoms with van der Waals surface area (Å²) in [7, 11) is 0. The van der Waals surface area contributed by atoms with Crippen LogP contribution in [0.25, 0.3) is 0 Å². The summed E-state index contributed by atoms with van der Waals surface area (Å²) in [6.45, 7) is 8.42. The van der Waals surface area contributed by atoms with Crippen LogP contribution < -0.4 is 0 Å². The lowest BCUT2D eigenvalue weighted by molar-refractivity contribution is -0.110. The molecular weight excluding hydrogens is 204 g/mol. The van der Waals surface area contributed by atoms with Crippen LogP contribution in [-0.4, -0.2) is 29.2 Å². The van der Waals surface area contributed by atoms with Crippen LogP contribution in [0.1, 0.15) is 59.8 Å². The predicted molar refractivity (Wildman–Crippen MR) is 65.5 cm³/mol. The maximum Gasteiger partial charge on any atom is 0.120 e. The Bertz CT molecular complexity index is 201. The summed E-state index contributed by atoms with van der Waals surface area (Å²) in [5.74, 6) is 0. The van der Waals surface area contributed by atoms with Crippen molar-refractivity contribution < 1.29 is 14.6 Å². The molecule has 96 valence electrons. The zero-order chi connectivity index (χ0) is 12.7. The van der Waals surface area contributed by atoms with Crippen molar-refractivity contribution in [2.75, 3.05) is 6.61 Å². The van der Waals surface area contributed by atoms with Gasteiger partial charge in [-0.1, -0.05) is 13.8 Å². The number of ether oxygens (including phenoxy) is 1. The lowest BCUT2D eigenvalue weighted by atomic mass is 9.96. The zero-order valence-corrected chi connectivity index (χ0v) is 11.1. The van der Waals surface area contributed by atoms with E-state index in [1.165, 1.54) is 0 Å². The fourth-order valence-electron chi connectivity index (χ4n) is 1.41. The normalized spacial score (nSPS) is 18.8. The Morgan fingerprint density at radius 3 is 2.25 bits per heavy atom. The first-order valence-corrected chi connectivity index (χ1v) is 6.19. The van der Waals surface area contributed by atoms with Crippen LogP contribution in [-0.2, 0) is 9.53 Å². The Hall–Kier alpha value is -0.410. The van der Waals surface area contributed by atoms with E-state index in [4.69, 9.17) is 4.74 Å². The summed E-state index contributed by atoms with van der Waals surface area (Å²) in [6.07, 6.45) is 4.47. The minimum Gasteiger partial charge on any atom is -0.390 e. The second kappa shape index (κ2) is 7.02. The van der Waals surface area contributed by atoms with Gasteiger partial charge in [-0.15, -0.1) is 0 Å². The highest BCUT2D eigenvalue weighted by Gasteiger charge is 2.24. The third kappa shape index (κ3) is 6.23. The first kappa shape index (κ1) is 15.6. The topological polar surface area (TPSA) is 46.5 Å². The molecule has 0 heterocycles. The lowest BCUT2D eigenvalue weighted by Crippen LogP contribution is -2.32. The summed E-state index contributed by atoms with van der Waals surface area (Å²) in [6, 6.07) is 0. The van der Waals surface area contributed by atoms with E-state index >= 15 is 0 Å². The van der Waals surface area contributed by atoms with Crippen LogP contribution in [0.15, 0.2) is 0 Å². The van der Waals surface area contributed by atoms with E-state index in [1.54, 1.807) is 0 Å². The van der Waals surface area contributed by atoms with Crippen LogP contribution in [0.4, 0.5) is 0 Å². The molecule has 16 heavy (non-hydrogen) atoms. The quantitative estimate of drug-likeness (QED) is 0.619. The van der Waals surface area contributed by atoms with Gasteiger partial charge in [0, 0.05) is 6.42 Å². The van der Waals surface area contributed by atoms with Gasteiger partial charge in [-0.05, 0) is 39.5 Å². The highest BCUT2D eigenvalue weighted by atomic mass is 16.5. The average Bonchev–Trinajstić information content (AvgIpc) is 2.26. The van der Waals surface area contributed by atoms with Gasteiger partial charge in [0.15, 0.2) is 0 Å². The van der Waals surface area contributed by atoms with E-state index in [-0.39, 0.29) is 5.60 Å². The highest BCUT2D eigenvalue weighted by Crippen LogP contribution is 2.23. The van der Waals surface area contributed by atoms with Crippen molar-refractivity contribution in [1.82, 2.24) is 0 Å². The van der Waals surface area contributed by atoms with Gasteiger partial charge in [-0.25, -0.2) is 0 Å². The molecule has 0 amide bonds. The lowest BCUT2D eigenvalue weighted by Gasteiger charge is -2.30. The average molecular weight is 230 g/mol. The van der Waals surface area contributed by atoms with Crippen LogP contribution in [0.3, 0.4) is 0 Å². The molecule has 0 aliphatic rings. The second-order valence-electron chi connectivity index (χ2n) is 4.96. The SMILES string of the molecule is CCC(C)(O)CCOC(C)(CC)CCC=O. The van der Waals surface area contributed by atoms with Gasteiger partial charge in [-0.3, -0.25) is 0 Å². The number of hydrogen-bond acceptors (Lipinski definition) is 3. The minimum atomic E-state index is -0.640. The van der Waals surface area contributed by atoms with Gasteiger partial charge in [0.1, 0.15) is 6.29 Å². The van der Waals surface area contributed by atoms with E-state index in [0.717, 1.165) is 25.5 Å². The van der Waals surface area contributed by atoms with E-state index in [0.29, 0.717) is 19.4 Å². The van der Waals surface area contributed by atoms with Gasteiger partial charge in [-0.2, -0.15) is 0 Å². The molecule has 2 unspecified atom stereocenters. The smallest absolute Gasteiger partial charge is 0.120 e. The van der Waals surface area contributed by atoms with Crippen LogP contribution >= 0.6 is 0 Å². The fraction of sp³-hybridized carbons (Fsp3) is 0.923. The molecule has 3 nitrogen and oxygen atoms in total. The fourth-order valence-corrected chi connectivity index (χ4v) is 1.41. The molecule has 3 heteroatoms. The van der Waals surface area contributed by atoms with Crippen molar-refractivity contribution in [2.45, 2.75) is 71.0 Å². The van der Waals surface area contributed by atoms with Gasteiger partial charge in [0.05, 0.1) is 17.8 Å². The van der Waals surface area contributed by atoms with Crippen LogP contribution in [0.2, 0.25) is 0 Å². The molecule has 0 spiro atoms. The Morgan fingerprint density at radius 2 is 1.81 bits per heavy atom. The molecule has 0 bridgehead atoms. The maximum absolute atomic E-state index is 10.4. The molecule has 0 aliphatic carbocycles. The molecule has 0 saturated carbocycles. The highest BCUT2D eigenvalue weighted by molar-refractivity contribution is 5.49. The standard InChI is InChI=1S/C13H26O3/c1-5-12(3,15)9-11-16-13(4,6-2)8-7-10-14/h10,15H,5-9,11H2,1-4H3. The summed E-state index contributed by atoms with van der Waals surface area (Å²) < 4.78 is 5.80. The molecule has 1 N–H and O–H groups in total. The van der Waals surface area contributed by atoms with Gasteiger partial charge in [0.2, 0.25) is 0 Å². The molecule has 0 aromatic carbocycles. The number of hydrogen-bond donors (Lipinski definition) is 1. The van der Waals surface area contributed by atoms with Crippen LogP contribution in [0, 0.1) is 0 Å². The van der Waals surface area contributed by atoms with Crippen molar-refractivity contribution >= 4 is 6.29 Å². The third-order valence-corrected chi connectivity index (χ3v) is 3.39. The molecule has 0 rings (SSSR count).